The van der Waals surface area contributed by atoms with Crippen molar-refractivity contribution in [3.05, 3.63) is 65.7 Å². The monoisotopic (exact) mass is 395 g/mol. The van der Waals surface area contributed by atoms with Crippen molar-refractivity contribution in [1.29, 1.82) is 0 Å². The van der Waals surface area contributed by atoms with Crippen LogP contribution in [0.5, 0.6) is 11.5 Å². The first-order valence-corrected chi connectivity index (χ1v) is 10.5. The molecule has 0 aliphatic carbocycles. The highest BCUT2D eigenvalue weighted by Crippen LogP contribution is 2.29. The molecule has 1 unspecified atom stereocenters. The molecule has 0 spiro atoms. The van der Waals surface area contributed by atoms with E-state index in [0.717, 1.165) is 24.1 Å². The Morgan fingerprint density at radius 1 is 1.10 bits per heavy atom. The molecule has 2 rings (SSSR count). The zero-order valence-electron chi connectivity index (χ0n) is 17.8. The lowest BCUT2D eigenvalue weighted by Crippen LogP contribution is -2.27. The standard InChI is InChI=1S/C25H33NO3/c1-4-6-10-20(5-2)18-26-25(27)16-14-21-13-15-23(24(17-21)28-3)29-19-22-11-8-7-9-12-22/h7-9,11-17,20H,4-6,10,18-19H2,1-3H3,(H,26,27)/b16-14+. The van der Waals surface area contributed by atoms with Crippen LogP contribution in [-0.2, 0) is 11.4 Å². The van der Waals surface area contributed by atoms with Crippen molar-refractivity contribution in [2.24, 2.45) is 5.92 Å². The maximum atomic E-state index is 12.1. The van der Waals surface area contributed by atoms with Crippen LogP contribution in [-0.4, -0.2) is 19.6 Å². The van der Waals surface area contributed by atoms with Gasteiger partial charge in [-0.1, -0.05) is 69.5 Å². The van der Waals surface area contributed by atoms with Gasteiger partial charge < -0.3 is 14.8 Å². The van der Waals surface area contributed by atoms with Crippen LogP contribution in [0.15, 0.2) is 54.6 Å². The number of carbonyl (C=O) groups is 1. The minimum Gasteiger partial charge on any atom is -0.493 e. The Hall–Kier alpha value is -2.75. The van der Waals surface area contributed by atoms with Gasteiger partial charge in [-0.05, 0) is 41.7 Å². The highest BCUT2D eigenvalue weighted by atomic mass is 16.5. The Labute approximate surface area is 174 Å². The van der Waals surface area contributed by atoms with Crippen LogP contribution >= 0.6 is 0 Å². The summed E-state index contributed by atoms with van der Waals surface area (Å²) in [5.41, 5.74) is 1.99. The van der Waals surface area contributed by atoms with Crippen molar-refractivity contribution in [1.82, 2.24) is 5.32 Å². The predicted molar refractivity (Wildman–Crippen MR) is 119 cm³/mol. The molecule has 156 valence electrons. The number of amides is 1. The summed E-state index contributed by atoms with van der Waals surface area (Å²) in [5, 5.41) is 3.01. The topological polar surface area (TPSA) is 47.6 Å². The van der Waals surface area contributed by atoms with E-state index < -0.39 is 0 Å². The van der Waals surface area contributed by atoms with E-state index in [0.29, 0.717) is 24.0 Å². The lowest BCUT2D eigenvalue weighted by atomic mass is 9.99. The van der Waals surface area contributed by atoms with Gasteiger partial charge in [0.05, 0.1) is 7.11 Å². The predicted octanol–water partition coefficient (Wildman–Crippen LogP) is 5.62. The summed E-state index contributed by atoms with van der Waals surface area (Å²) in [6, 6.07) is 15.7. The number of unbranched alkanes of at least 4 members (excludes halogenated alkanes) is 1. The Morgan fingerprint density at radius 2 is 1.90 bits per heavy atom. The molecule has 1 amide bonds. The second-order valence-electron chi connectivity index (χ2n) is 7.18. The third-order valence-corrected chi connectivity index (χ3v) is 4.96. The fourth-order valence-electron chi connectivity index (χ4n) is 3.06. The van der Waals surface area contributed by atoms with Crippen molar-refractivity contribution in [3.8, 4) is 11.5 Å². The minimum atomic E-state index is -0.0664. The molecule has 0 aliphatic heterocycles. The molecule has 0 radical (unpaired) electrons. The van der Waals surface area contributed by atoms with Gasteiger partial charge in [-0.25, -0.2) is 0 Å². The van der Waals surface area contributed by atoms with E-state index in [1.165, 1.54) is 19.3 Å². The van der Waals surface area contributed by atoms with Crippen molar-refractivity contribution in [2.75, 3.05) is 13.7 Å². The minimum absolute atomic E-state index is 0.0664. The van der Waals surface area contributed by atoms with Crippen molar-refractivity contribution >= 4 is 12.0 Å². The number of nitrogens with one attached hydrogen (secondary N) is 1. The normalized spacial score (nSPS) is 12.0. The number of rotatable bonds is 12. The third kappa shape index (κ3) is 8.02. The highest BCUT2D eigenvalue weighted by Gasteiger charge is 2.08. The SMILES string of the molecule is CCCCC(CC)CNC(=O)/C=C/c1ccc(OCc2ccccc2)c(OC)c1. The molecule has 0 fully saturated rings. The number of benzene rings is 2. The summed E-state index contributed by atoms with van der Waals surface area (Å²) in [6.45, 7) is 5.58. The molecule has 0 bridgehead atoms. The molecule has 0 saturated carbocycles. The van der Waals surface area contributed by atoms with E-state index in [-0.39, 0.29) is 5.91 Å². The van der Waals surface area contributed by atoms with Gasteiger partial charge in [0.1, 0.15) is 6.61 Å². The van der Waals surface area contributed by atoms with Gasteiger partial charge in [-0.2, -0.15) is 0 Å². The van der Waals surface area contributed by atoms with E-state index in [9.17, 15) is 4.79 Å². The molecule has 4 nitrogen and oxygen atoms in total. The molecular weight excluding hydrogens is 362 g/mol. The first kappa shape index (κ1) is 22.5. The average molecular weight is 396 g/mol. The Kier molecular flexibility index (Phi) is 9.84. The quantitative estimate of drug-likeness (QED) is 0.475. The van der Waals surface area contributed by atoms with Gasteiger partial charge in [-0.15, -0.1) is 0 Å². The van der Waals surface area contributed by atoms with Crippen molar-refractivity contribution < 1.29 is 14.3 Å². The van der Waals surface area contributed by atoms with Crippen LogP contribution in [0, 0.1) is 5.92 Å². The van der Waals surface area contributed by atoms with E-state index in [1.54, 1.807) is 19.3 Å². The van der Waals surface area contributed by atoms with Gasteiger partial charge in [0.2, 0.25) is 5.91 Å². The number of ether oxygens (including phenoxy) is 2. The maximum absolute atomic E-state index is 12.1. The first-order chi connectivity index (χ1) is 14.2. The van der Waals surface area contributed by atoms with E-state index in [2.05, 4.69) is 19.2 Å². The number of hydrogen-bond acceptors (Lipinski definition) is 3. The summed E-state index contributed by atoms with van der Waals surface area (Å²) in [7, 11) is 1.62. The van der Waals surface area contributed by atoms with Crippen LogP contribution in [0.2, 0.25) is 0 Å². The van der Waals surface area contributed by atoms with E-state index in [1.807, 2.05) is 48.5 Å². The van der Waals surface area contributed by atoms with Gasteiger partial charge in [0.15, 0.2) is 11.5 Å². The van der Waals surface area contributed by atoms with Crippen LogP contribution in [0.1, 0.15) is 50.7 Å². The van der Waals surface area contributed by atoms with Crippen LogP contribution in [0.3, 0.4) is 0 Å². The Balaban J connectivity index is 1.90. The van der Waals surface area contributed by atoms with E-state index in [4.69, 9.17) is 9.47 Å². The van der Waals surface area contributed by atoms with Gasteiger partial charge in [-0.3, -0.25) is 4.79 Å². The molecule has 4 heteroatoms. The Morgan fingerprint density at radius 3 is 2.59 bits per heavy atom. The van der Waals surface area contributed by atoms with Crippen molar-refractivity contribution in [2.45, 2.75) is 46.1 Å². The molecule has 2 aromatic rings. The number of methoxy groups -OCH3 is 1. The molecule has 1 atom stereocenters. The van der Waals surface area contributed by atoms with E-state index >= 15 is 0 Å². The average Bonchev–Trinajstić information content (AvgIpc) is 2.77. The molecule has 2 aromatic carbocycles. The fraction of sp³-hybridized carbons (Fsp3) is 0.400. The molecule has 0 heterocycles. The van der Waals surface area contributed by atoms with Gasteiger partial charge in [0, 0.05) is 12.6 Å². The third-order valence-electron chi connectivity index (χ3n) is 4.96. The zero-order chi connectivity index (χ0) is 20.9. The number of carbonyl (C=O) groups excluding carboxylic acids is 1. The smallest absolute Gasteiger partial charge is 0.244 e. The second kappa shape index (κ2) is 12.7. The summed E-state index contributed by atoms with van der Waals surface area (Å²) in [6.07, 6.45) is 8.03. The van der Waals surface area contributed by atoms with Crippen molar-refractivity contribution in [3.63, 3.8) is 0 Å². The summed E-state index contributed by atoms with van der Waals surface area (Å²) >= 11 is 0. The highest BCUT2D eigenvalue weighted by molar-refractivity contribution is 5.91. The van der Waals surface area contributed by atoms with Crippen LogP contribution in [0.4, 0.5) is 0 Å². The summed E-state index contributed by atoms with van der Waals surface area (Å²) in [4.78, 5) is 12.1. The lowest BCUT2D eigenvalue weighted by molar-refractivity contribution is -0.116. The largest absolute Gasteiger partial charge is 0.493 e. The lowest BCUT2D eigenvalue weighted by Gasteiger charge is -2.14. The zero-order valence-corrected chi connectivity index (χ0v) is 17.8. The molecule has 0 aromatic heterocycles. The van der Waals surface area contributed by atoms with Crippen LogP contribution in [0.25, 0.3) is 6.08 Å². The second-order valence-corrected chi connectivity index (χ2v) is 7.18. The van der Waals surface area contributed by atoms with Crippen LogP contribution < -0.4 is 14.8 Å². The van der Waals surface area contributed by atoms with Gasteiger partial charge >= 0.3 is 0 Å². The summed E-state index contributed by atoms with van der Waals surface area (Å²) < 4.78 is 11.3. The number of hydrogen-bond donors (Lipinski definition) is 1. The van der Waals surface area contributed by atoms with Gasteiger partial charge in [0.25, 0.3) is 0 Å². The summed E-state index contributed by atoms with van der Waals surface area (Å²) in [5.74, 6) is 1.81. The molecule has 0 aliphatic rings. The maximum Gasteiger partial charge on any atom is 0.244 e. The Bertz CT molecular complexity index is 771. The molecule has 1 N–H and O–H groups in total. The molecule has 0 saturated heterocycles. The molecule has 29 heavy (non-hydrogen) atoms. The molecular formula is C25H33NO3. The fourth-order valence-corrected chi connectivity index (χ4v) is 3.06. The first-order valence-electron chi connectivity index (χ1n) is 10.5.